The molecule has 1 aromatic heterocycles. The Balaban J connectivity index is 1.69. The van der Waals surface area contributed by atoms with Gasteiger partial charge < -0.3 is 15.0 Å². The van der Waals surface area contributed by atoms with E-state index in [4.69, 9.17) is 4.74 Å². The number of likely N-dealkylation sites (tertiary alicyclic amines) is 1. The number of benzene rings is 1. The topological polar surface area (TPSA) is 71.5 Å². The number of ether oxygens (including phenoxy) is 1. The lowest BCUT2D eigenvalue weighted by atomic mass is 10.2. The number of hydrogen-bond donors (Lipinski definition) is 1. The van der Waals surface area contributed by atoms with Gasteiger partial charge in [0.15, 0.2) is 11.6 Å². The number of carbonyl (C=O) groups is 2. The van der Waals surface area contributed by atoms with Gasteiger partial charge in [0.2, 0.25) is 17.7 Å². The summed E-state index contributed by atoms with van der Waals surface area (Å²) in [4.78, 5) is 29.6. The van der Waals surface area contributed by atoms with Gasteiger partial charge in [-0.15, -0.1) is 0 Å². The summed E-state index contributed by atoms with van der Waals surface area (Å²) < 4.78 is 32.3. The van der Waals surface area contributed by atoms with Crippen LogP contribution in [-0.4, -0.2) is 34.3 Å². The Labute approximate surface area is 155 Å². The van der Waals surface area contributed by atoms with Gasteiger partial charge in [-0.2, -0.15) is 0 Å². The van der Waals surface area contributed by atoms with Gasteiger partial charge in [-0.1, -0.05) is 6.07 Å². The molecular weight excluding hydrogens is 356 g/mol. The molecule has 0 bridgehead atoms. The highest BCUT2D eigenvalue weighted by Crippen LogP contribution is 2.26. The summed E-state index contributed by atoms with van der Waals surface area (Å²) in [5.41, 5.74) is 0.530. The number of rotatable bonds is 5. The summed E-state index contributed by atoms with van der Waals surface area (Å²) in [6.07, 6.45) is 2.86. The molecule has 27 heavy (non-hydrogen) atoms. The molecule has 1 N–H and O–H groups in total. The summed E-state index contributed by atoms with van der Waals surface area (Å²) in [6.45, 7) is 2.11. The first-order chi connectivity index (χ1) is 13.0. The fraction of sp³-hybridized carbons (Fsp3) is 0.316. The fourth-order valence-electron chi connectivity index (χ4n) is 3.03. The maximum atomic E-state index is 13.8. The van der Waals surface area contributed by atoms with Gasteiger partial charge in [-0.3, -0.25) is 9.59 Å². The molecule has 2 amide bonds. The second-order valence-corrected chi connectivity index (χ2v) is 6.23. The Morgan fingerprint density at radius 2 is 2.15 bits per heavy atom. The minimum atomic E-state index is -0.848. The van der Waals surface area contributed by atoms with Crippen LogP contribution in [-0.2, 0) is 16.1 Å². The second kappa shape index (κ2) is 8.11. The van der Waals surface area contributed by atoms with E-state index in [0.29, 0.717) is 18.5 Å². The second-order valence-electron chi connectivity index (χ2n) is 6.23. The monoisotopic (exact) mass is 375 g/mol. The van der Waals surface area contributed by atoms with Crippen LogP contribution >= 0.6 is 0 Å². The molecule has 1 aliphatic heterocycles. The third kappa shape index (κ3) is 4.39. The normalized spacial score (nSPS) is 16.3. The smallest absolute Gasteiger partial charge is 0.243 e. The average molecular weight is 375 g/mol. The van der Waals surface area contributed by atoms with Crippen molar-refractivity contribution >= 4 is 11.8 Å². The Morgan fingerprint density at radius 1 is 1.33 bits per heavy atom. The first kappa shape index (κ1) is 18.8. The van der Waals surface area contributed by atoms with E-state index in [1.165, 1.54) is 19.2 Å². The van der Waals surface area contributed by atoms with E-state index in [2.05, 4.69) is 10.3 Å². The van der Waals surface area contributed by atoms with Crippen LogP contribution in [0.15, 0.2) is 36.5 Å². The number of pyridine rings is 1. The predicted molar refractivity (Wildman–Crippen MR) is 92.9 cm³/mol. The lowest BCUT2D eigenvalue weighted by Gasteiger charge is -2.22. The quantitative estimate of drug-likeness (QED) is 0.872. The van der Waals surface area contributed by atoms with Gasteiger partial charge in [0.05, 0.1) is 0 Å². The molecule has 2 aromatic rings. The number of nitrogens with zero attached hydrogens (tertiary/aromatic N) is 2. The molecule has 1 unspecified atom stereocenters. The molecule has 1 aliphatic rings. The molecule has 0 spiro atoms. The number of halogens is 2. The van der Waals surface area contributed by atoms with Crippen LogP contribution in [0.2, 0.25) is 0 Å². The molecule has 1 saturated heterocycles. The van der Waals surface area contributed by atoms with Crippen molar-refractivity contribution < 1.29 is 23.1 Å². The predicted octanol–water partition coefficient (Wildman–Crippen LogP) is 2.78. The van der Waals surface area contributed by atoms with E-state index in [9.17, 15) is 18.4 Å². The van der Waals surface area contributed by atoms with Crippen molar-refractivity contribution in [3.05, 3.63) is 53.7 Å². The van der Waals surface area contributed by atoms with Crippen molar-refractivity contribution in [2.75, 3.05) is 6.54 Å². The SMILES string of the molecule is CC(=O)N1CCCC1C(=O)NCc1cccnc1Oc1ccc(F)cc1F. The van der Waals surface area contributed by atoms with Crippen molar-refractivity contribution in [1.82, 2.24) is 15.2 Å². The molecule has 142 valence electrons. The van der Waals surface area contributed by atoms with Gasteiger partial charge >= 0.3 is 0 Å². The van der Waals surface area contributed by atoms with Gasteiger partial charge in [0.25, 0.3) is 0 Å². The van der Waals surface area contributed by atoms with E-state index >= 15 is 0 Å². The largest absolute Gasteiger partial charge is 0.436 e. The maximum absolute atomic E-state index is 13.8. The summed E-state index contributed by atoms with van der Waals surface area (Å²) in [5, 5.41) is 2.77. The van der Waals surface area contributed by atoms with Crippen molar-refractivity contribution in [3.8, 4) is 11.6 Å². The highest BCUT2D eigenvalue weighted by molar-refractivity contribution is 5.87. The Morgan fingerprint density at radius 3 is 2.89 bits per heavy atom. The number of hydrogen-bond acceptors (Lipinski definition) is 4. The molecule has 6 nitrogen and oxygen atoms in total. The van der Waals surface area contributed by atoms with Gasteiger partial charge in [0.1, 0.15) is 11.9 Å². The standard InChI is InChI=1S/C19H19F2N3O3/c1-12(25)24-9-3-5-16(24)18(26)23-11-13-4-2-8-22-19(13)27-17-7-6-14(20)10-15(17)21/h2,4,6-8,10,16H,3,5,9,11H2,1H3,(H,23,26). The van der Waals surface area contributed by atoms with Crippen LogP contribution < -0.4 is 10.1 Å². The van der Waals surface area contributed by atoms with Crippen molar-refractivity contribution in [2.24, 2.45) is 0 Å². The zero-order chi connectivity index (χ0) is 19.4. The van der Waals surface area contributed by atoms with Crippen molar-refractivity contribution in [1.29, 1.82) is 0 Å². The number of aromatic nitrogens is 1. The lowest BCUT2D eigenvalue weighted by Crippen LogP contribution is -2.44. The minimum absolute atomic E-state index is 0.104. The summed E-state index contributed by atoms with van der Waals surface area (Å²) >= 11 is 0. The number of nitrogens with one attached hydrogen (secondary N) is 1. The molecular formula is C19H19F2N3O3. The molecule has 0 saturated carbocycles. The van der Waals surface area contributed by atoms with Crippen LogP contribution in [0.3, 0.4) is 0 Å². The molecule has 3 rings (SSSR count). The van der Waals surface area contributed by atoms with Crippen LogP contribution in [0.25, 0.3) is 0 Å². The van der Waals surface area contributed by atoms with Gasteiger partial charge in [-0.05, 0) is 31.0 Å². The van der Waals surface area contributed by atoms with E-state index in [0.717, 1.165) is 18.6 Å². The first-order valence-corrected chi connectivity index (χ1v) is 8.57. The molecule has 8 heteroatoms. The lowest BCUT2D eigenvalue weighted by molar-refractivity contribution is -0.136. The number of carbonyl (C=O) groups excluding carboxylic acids is 2. The van der Waals surface area contributed by atoms with Gasteiger partial charge in [0, 0.05) is 37.8 Å². The first-order valence-electron chi connectivity index (χ1n) is 8.57. The van der Waals surface area contributed by atoms with Crippen molar-refractivity contribution in [2.45, 2.75) is 32.4 Å². The van der Waals surface area contributed by atoms with Crippen LogP contribution in [0.5, 0.6) is 11.6 Å². The summed E-state index contributed by atoms with van der Waals surface area (Å²) in [7, 11) is 0. The van der Waals surface area contributed by atoms with E-state index < -0.39 is 17.7 Å². The van der Waals surface area contributed by atoms with Crippen LogP contribution in [0, 0.1) is 11.6 Å². The summed E-state index contributed by atoms with van der Waals surface area (Å²) in [6, 6.07) is 5.83. The fourth-order valence-corrected chi connectivity index (χ4v) is 3.03. The third-order valence-corrected chi connectivity index (χ3v) is 4.36. The molecule has 0 aliphatic carbocycles. The molecule has 0 radical (unpaired) electrons. The molecule has 2 heterocycles. The molecule has 1 aromatic carbocycles. The highest BCUT2D eigenvalue weighted by atomic mass is 19.1. The van der Waals surface area contributed by atoms with Gasteiger partial charge in [-0.25, -0.2) is 13.8 Å². The highest BCUT2D eigenvalue weighted by Gasteiger charge is 2.32. The third-order valence-electron chi connectivity index (χ3n) is 4.36. The Hall–Kier alpha value is -3.03. The van der Waals surface area contributed by atoms with E-state index in [-0.39, 0.29) is 30.0 Å². The maximum Gasteiger partial charge on any atom is 0.243 e. The van der Waals surface area contributed by atoms with Crippen molar-refractivity contribution in [3.63, 3.8) is 0 Å². The zero-order valence-corrected chi connectivity index (χ0v) is 14.7. The van der Waals surface area contributed by atoms with E-state index in [1.54, 1.807) is 17.0 Å². The molecule has 1 atom stereocenters. The van der Waals surface area contributed by atoms with Crippen LogP contribution in [0.1, 0.15) is 25.3 Å². The van der Waals surface area contributed by atoms with E-state index in [1.807, 2.05) is 0 Å². The van der Waals surface area contributed by atoms with Crippen LogP contribution in [0.4, 0.5) is 8.78 Å². The molecule has 1 fully saturated rings. The minimum Gasteiger partial charge on any atom is -0.436 e. The summed E-state index contributed by atoms with van der Waals surface area (Å²) in [5.74, 6) is -2.01. The Bertz CT molecular complexity index is 860. The Kier molecular flexibility index (Phi) is 5.63. The zero-order valence-electron chi connectivity index (χ0n) is 14.7. The number of amides is 2. The average Bonchev–Trinajstić information content (AvgIpc) is 3.13.